The Balaban J connectivity index is 0.00000118. The molecule has 0 unspecified atom stereocenters. The second kappa shape index (κ2) is 12.6. The number of nitrogens with one attached hydrogen (secondary N) is 1. The third-order valence-electron chi connectivity index (χ3n) is 8.10. The zero-order valence-corrected chi connectivity index (χ0v) is 25.4. The van der Waals surface area contributed by atoms with Crippen molar-refractivity contribution in [3.8, 4) is 17.2 Å². The average Bonchev–Trinajstić information content (AvgIpc) is 3.64. The molecule has 43 heavy (non-hydrogen) atoms. The van der Waals surface area contributed by atoms with Crippen LogP contribution in [0.25, 0.3) is 21.3 Å². The number of aromatic nitrogens is 3. The first kappa shape index (κ1) is 30.4. The Morgan fingerprint density at radius 1 is 1.23 bits per heavy atom. The number of hydrogen-bond acceptors (Lipinski definition) is 9. The van der Waals surface area contributed by atoms with E-state index >= 15 is 0 Å². The quantitative estimate of drug-likeness (QED) is 0.290. The summed E-state index contributed by atoms with van der Waals surface area (Å²) in [6.07, 6.45) is 6.47. The molecular formula is C32H36N6O4S. The highest BCUT2D eigenvalue weighted by Crippen LogP contribution is 2.44. The minimum Gasteiger partial charge on any atom is -0.483 e. The number of fused-ring (bicyclic) bond motifs is 2. The molecule has 0 amide bonds. The van der Waals surface area contributed by atoms with Crippen molar-refractivity contribution in [2.45, 2.75) is 64.1 Å². The fraction of sp³-hybridized carbons (Fsp3) is 0.406. The molecule has 0 spiro atoms. The van der Waals surface area contributed by atoms with Gasteiger partial charge in [0.2, 0.25) is 0 Å². The number of benzene rings is 1. The normalized spacial score (nSPS) is 18.1. The number of rotatable bonds is 5. The SMILES string of the molecule is CC(C)(C)c1cnn(Cc2cc3nccc(-c4cc(C#N)cc5c4N([C@@H]4CN[C@@H](CO)C4)CCC5)c3s2)c(=O)c1.O=CO. The van der Waals surface area contributed by atoms with Crippen LogP contribution >= 0.6 is 11.3 Å². The van der Waals surface area contributed by atoms with Gasteiger partial charge < -0.3 is 20.4 Å². The van der Waals surface area contributed by atoms with Crippen LogP contribution in [0.4, 0.5) is 5.69 Å². The van der Waals surface area contributed by atoms with Crippen molar-refractivity contribution in [1.29, 1.82) is 5.26 Å². The molecule has 0 saturated carbocycles. The molecule has 224 valence electrons. The lowest BCUT2D eigenvalue weighted by Gasteiger charge is -2.38. The maximum absolute atomic E-state index is 12.9. The Bertz CT molecular complexity index is 1730. The highest BCUT2D eigenvalue weighted by molar-refractivity contribution is 7.19. The lowest BCUT2D eigenvalue weighted by molar-refractivity contribution is -0.122. The molecule has 1 aromatic carbocycles. The molecular weight excluding hydrogens is 564 g/mol. The van der Waals surface area contributed by atoms with Gasteiger partial charge in [-0.25, -0.2) is 4.68 Å². The predicted octanol–water partition coefficient (Wildman–Crippen LogP) is 3.91. The number of anilines is 1. The molecule has 11 heteroatoms. The van der Waals surface area contributed by atoms with Crippen LogP contribution in [0.15, 0.2) is 47.5 Å². The third kappa shape index (κ3) is 6.32. The van der Waals surface area contributed by atoms with Gasteiger partial charge in [-0.3, -0.25) is 14.6 Å². The molecule has 6 rings (SSSR count). The van der Waals surface area contributed by atoms with Crippen molar-refractivity contribution in [3.63, 3.8) is 0 Å². The van der Waals surface area contributed by atoms with Crippen LogP contribution in [0.1, 0.15) is 55.2 Å². The summed E-state index contributed by atoms with van der Waals surface area (Å²) in [5, 5.41) is 34.4. The second-order valence-corrected chi connectivity index (χ2v) is 13.1. The summed E-state index contributed by atoms with van der Waals surface area (Å²) in [5.74, 6) is 0. The molecule has 1 fully saturated rings. The Kier molecular flexibility index (Phi) is 8.92. The van der Waals surface area contributed by atoms with E-state index in [1.807, 2.05) is 30.5 Å². The van der Waals surface area contributed by atoms with Gasteiger partial charge in [-0.2, -0.15) is 10.4 Å². The number of carbonyl (C=O) groups is 1. The van der Waals surface area contributed by atoms with Crippen LogP contribution in [-0.2, 0) is 23.2 Å². The van der Waals surface area contributed by atoms with E-state index in [4.69, 9.17) is 9.90 Å². The minimum absolute atomic E-state index is 0.110. The molecule has 0 aliphatic carbocycles. The summed E-state index contributed by atoms with van der Waals surface area (Å²) in [5.41, 5.74) is 6.68. The van der Waals surface area contributed by atoms with Crippen LogP contribution in [-0.4, -0.2) is 63.2 Å². The topological polar surface area (TPSA) is 144 Å². The summed E-state index contributed by atoms with van der Waals surface area (Å²) in [6.45, 7) is 8.25. The molecule has 2 atom stereocenters. The summed E-state index contributed by atoms with van der Waals surface area (Å²) >= 11 is 1.62. The first-order valence-corrected chi connectivity index (χ1v) is 15.2. The number of carboxylic acid groups (broad SMARTS) is 1. The first-order chi connectivity index (χ1) is 20.7. The molecule has 1 saturated heterocycles. The van der Waals surface area contributed by atoms with Gasteiger partial charge in [0.25, 0.3) is 12.0 Å². The Hall–Kier alpha value is -4.11. The van der Waals surface area contributed by atoms with Gasteiger partial charge in [-0.05, 0) is 60.1 Å². The van der Waals surface area contributed by atoms with Gasteiger partial charge in [0.05, 0.1) is 41.2 Å². The van der Waals surface area contributed by atoms with Gasteiger partial charge >= 0.3 is 0 Å². The van der Waals surface area contributed by atoms with Gasteiger partial charge in [0, 0.05) is 59.1 Å². The van der Waals surface area contributed by atoms with E-state index in [0.29, 0.717) is 12.1 Å². The van der Waals surface area contributed by atoms with Crippen molar-refractivity contribution in [3.05, 3.63) is 74.6 Å². The van der Waals surface area contributed by atoms with E-state index in [2.05, 4.69) is 47.1 Å². The molecule has 2 aliphatic rings. The van der Waals surface area contributed by atoms with Crippen LogP contribution < -0.4 is 15.8 Å². The van der Waals surface area contributed by atoms with Crippen molar-refractivity contribution in [2.75, 3.05) is 24.6 Å². The van der Waals surface area contributed by atoms with Crippen LogP contribution in [0.3, 0.4) is 0 Å². The molecule has 3 N–H and O–H groups in total. The minimum atomic E-state index is -0.250. The Morgan fingerprint density at radius 2 is 2.02 bits per heavy atom. The van der Waals surface area contributed by atoms with Gasteiger partial charge in [-0.15, -0.1) is 11.3 Å². The van der Waals surface area contributed by atoms with Gasteiger partial charge in [0.1, 0.15) is 0 Å². The maximum atomic E-state index is 12.9. The summed E-state index contributed by atoms with van der Waals surface area (Å²) in [4.78, 5) is 29.4. The van der Waals surface area contributed by atoms with Crippen LogP contribution in [0, 0.1) is 11.3 Å². The van der Waals surface area contributed by atoms with E-state index in [0.717, 1.165) is 64.1 Å². The lowest BCUT2D eigenvalue weighted by atomic mass is 9.89. The van der Waals surface area contributed by atoms with Gasteiger partial charge in [-0.1, -0.05) is 20.8 Å². The predicted molar refractivity (Wildman–Crippen MR) is 168 cm³/mol. The van der Waals surface area contributed by atoms with Crippen LogP contribution in [0.2, 0.25) is 0 Å². The highest BCUT2D eigenvalue weighted by Gasteiger charge is 2.33. The fourth-order valence-corrected chi connectivity index (χ4v) is 7.10. The zero-order chi connectivity index (χ0) is 30.7. The van der Waals surface area contributed by atoms with Crippen LogP contribution in [0.5, 0.6) is 0 Å². The number of thiophene rings is 1. The first-order valence-electron chi connectivity index (χ1n) is 14.4. The average molecular weight is 601 g/mol. The molecule has 10 nitrogen and oxygen atoms in total. The van der Waals surface area contributed by atoms with Gasteiger partial charge in [0.15, 0.2) is 0 Å². The largest absolute Gasteiger partial charge is 0.483 e. The molecule has 4 aromatic rings. The molecule has 0 radical (unpaired) electrons. The van der Waals surface area contributed by atoms with E-state index < -0.39 is 0 Å². The number of hydrogen-bond donors (Lipinski definition) is 3. The van der Waals surface area contributed by atoms with E-state index in [-0.39, 0.29) is 36.1 Å². The van der Waals surface area contributed by atoms with Crippen molar-refractivity contribution in [1.82, 2.24) is 20.1 Å². The number of nitrogens with zero attached hydrogens (tertiary/aromatic N) is 5. The monoisotopic (exact) mass is 600 g/mol. The van der Waals surface area contributed by atoms with E-state index in [1.54, 1.807) is 23.6 Å². The summed E-state index contributed by atoms with van der Waals surface area (Å²) in [7, 11) is 0. The zero-order valence-electron chi connectivity index (χ0n) is 24.6. The summed E-state index contributed by atoms with van der Waals surface area (Å²) < 4.78 is 2.54. The Morgan fingerprint density at radius 3 is 2.70 bits per heavy atom. The lowest BCUT2D eigenvalue weighted by Crippen LogP contribution is -2.40. The Labute approximate surface area is 254 Å². The number of aryl methyl sites for hydroxylation is 1. The smallest absolute Gasteiger partial charge is 0.290 e. The maximum Gasteiger partial charge on any atom is 0.290 e. The standard InChI is InChI=1S/C31H34N6O2S.CH2O2/c1-31(2,3)21-11-28(39)37(35-15-21)17-24-13-27-30(40-24)25(6-7-33-27)26-10-19(14-32)9-20-5-4-8-36(29(20)26)23-12-22(18-38)34-16-23;2-1-3/h6-7,9-11,13,15,22-23,34,38H,4-5,8,12,16-18H2,1-3H3;1H,(H,2,3)/t22-,23+;/m1./s1. The number of aliphatic hydroxyl groups excluding tert-OH is 1. The molecule has 2 aliphatic heterocycles. The fourth-order valence-electron chi connectivity index (χ4n) is 5.97. The number of aliphatic hydroxyl groups is 1. The summed E-state index contributed by atoms with van der Waals surface area (Å²) in [6, 6.07) is 12.6. The molecule has 3 aromatic heterocycles. The van der Waals surface area contributed by atoms with Crippen molar-refractivity contribution >= 4 is 33.7 Å². The van der Waals surface area contributed by atoms with E-state index in [9.17, 15) is 15.2 Å². The highest BCUT2D eigenvalue weighted by atomic mass is 32.1. The third-order valence-corrected chi connectivity index (χ3v) is 9.25. The van der Waals surface area contributed by atoms with Crippen molar-refractivity contribution in [2.24, 2.45) is 0 Å². The number of pyridine rings is 1. The molecule has 0 bridgehead atoms. The second-order valence-electron chi connectivity index (χ2n) is 12.0. The van der Waals surface area contributed by atoms with E-state index in [1.165, 1.54) is 15.9 Å². The molecule has 5 heterocycles. The number of nitriles is 1. The van der Waals surface area contributed by atoms with Crippen molar-refractivity contribution < 1.29 is 15.0 Å².